The third kappa shape index (κ3) is 4.97. The summed E-state index contributed by atoms with van der Waals surface area (Å²) in [5, 5.41) is 0. The molecular weight excluding hydrogens is 355 g/mol. The fourth-order valence-corrected chi connectivity index (χ4v) is 2.76. The van der Waals surface area contributed by atoms with E-state index in [0.717, 1.165) is 36.2 Å². The van der Waals surface area contributed by atoms with Crippen LogP contribution < -0.4 is 10.9 Å². The van der Waals surface area contributed by atoms with E-state index >= 15 is 0 Å². The van der Waals surface area contributed by atoms with Crippen molar-refractivity contribution < 1.29 is 18.0 Å². The Kier molecular flexibility index (Phi) is 5.59. The van der Waals surface area contributed by atoms with E-state index in [1.54, 1.807) is 6.20 Å². The summed E-state index contributed by atoms with van der Waals surface area (Å²) < 4.78 is 37.6. The maximum absolute atomic E-state index is 12.6. The molecule has 7 heteroatoms. The van der Waals surface area contributed by atoms with Gasteiger partial charge >= 0.3 is 6.18 Å². The van der Waals surface area contributed by atoms with E-state index in [2.05, 4.69) is 15.8 Å². The maximum Gasteiger partial charge on any atom is 0.417 e. The third-order valence-corrected chi connectivity index (χ3v) is 4.15. The van der Waals surface area contributed by atoms with Gasteiger partial charge in [-0.05, 0) is 43.0 Å². The van der Waals surface area contributed by atoms with Gasteiger partial charge in [-0.3, -0.25) is 10.2 Å². The van der Waals surface area contributed by atoms with Crippen LogP contribution in [0.3, 0.4) is 0 Å². The number of alkyl halides is 3. The van der Waals surface area contributed by atoms with E-state index in [0.29, 0.717) is 12.0 Å². The van der Waals surface area contributed by atoms with Gasteiger partial charge in [0.1, 0.15) is 5.82 Å². The molecule has 0 unspecified atom stereocenters. The van der Waals surface area contributed by atoms with Crippen molar-refractivity contribution >= 4 is 17.7 Å². The number of carbonyl (C=O) groups excluding carboxylic acids is 1. The third-order valence-electron chi connectivity index (χ3n) is 4.15. The Morgan fingerprint density at radius 1 is 1.00 bits per heavy atom. The number of benzene rings is 1. The molecule has 1 aliphatic rings. The Morgan fingerprint density at radius 3 is 2.41 bits per heavy atom. The number of hydrogen-bond acceptors (Lipinski definition) is 4. The van der Waals surface area contributed by atoms with Gasteiger partial charge in [0.15, 0.2) is 5.78 Å². The zero-order valence-corrected chi connectivity index (χ0v) is 14.4. The molecule has 0 saturated heterocycles. The van der Waals surface area contributed by atoms with Gasteiger partial charge in [0.05, 0.1) is 5.56 Å². The van der Waals surface area contributed by atoms with E-state index in [1.807, 2.05) is 36.4 Å². The van der Waals surface area contributed by atoms with E-state index in [-0.39, 0.29) is 11.6 Å². The van der Waals surface area contributed by atoms with Crippen LogP contribution in [0.4, 0.5) is 19.0 Å². The summed E-state index contributed by atoms with van der Waals surface area (Å²) in [6, 6.07) is 11.8. The molecule has 2 aromatic rings. The number of carbonyl (C=O) groups is 1. The second-order valence-electron chi connectivity index (χ2n) is 6.13. The van der Waals surface area contributed by atoms with Crippen LogP contribution in [0.15, 0.2) is 66.0 Å². The van der Waals surface area contributed by atoms with Crippen LogP contribution in [0.5, 0.6) is 0 Å². The lowest BCUT2D eigenvalue weighted by Crippen LogP contribution is -2.20. The molecule has 1 fully saturated rings. The summed E-state index contributed by atoms with van der Waals surface area (Å²) in [5.74, 6) is 0.197. The standard InChI is InChI=1S/C20H18F3N3O/c21-20(22,23)17-9-10-18(24-13-17)26-25-12-16-8-4-7-15(19(16)27)11-14-5-2-1-3-6-14/h1-3,5-6,9-13,25H,4,7-8H2,(H,24,26). The zero-order chi connectivity index (χ0) is 19.3. The molecule has 0 amide bonds. The highest BCUT2D eigenvalue weighted by Gasteiger charge is 2.30. The van der Waals surface area contributed by atoms with E-state index in [1.165, 1.54) is 6.07 Å². The van der Waals surface area contributed by atoms with Gasteiger partial charge in [-0.2, -0.15) is 13.2 Å². The van der Waals surface area contributed by atoms with Crippen LogP contribution in [0, 0.1) is 0 Å². The molecule has 0 aliphatic heterocycles. The molecule has 0 atom stereocenters. The molecule has 1 aliphatic carbocycles. The Balaban J connectivity index is 1.63. The van der Waals surface area contributed by atoms with Crippen molar-refractivity contribution in [3.05, 3.63) is 77.1 Å². The number of halogens is 3. The number of allylic oxidation sites excluding steroid dienone is 2. The van der Waals surface area contributed by atoms with Crippen LogP contribution >= 0.6 is 0 Å². The van der Waals surface area contributed by atoms with Gasteiger partial charge < -0.3 is 5.43 Å². The minimum absolute atomic E-state index is 0.0280. The predicted octanol–water partition coefficient (Wildman–Crippen LogP) is 4.74. The van der Waals surface area contributed by atoms with Crippen molar-refractivity contribution in [2.45, 2.75) is 25.4 Å². The summed E-state index contributed by atoms with van der Waals surface area (Å²) >= 11 is 0. The van der Waals surface area contributed by atoms with E-state index < -0.39 is 11.7 Å². The Bertz CT molecular complexity index is 856. The lowest BCUT2D eigenvalue weighted by Gasteiger charge is -2.17. The van der Waals surface area contributed by atoms with Crippen molar-refractivity contribution in [2.75, 3.05) is 5.43 Å². The lowest BCUT2D eigenvalue weighted by molar-refractivity contribution is -0.137. The van der Waals surface area contributed by atoms with Gasteiger partial charge in [-0.25, -0.2) is 4.98 Å². The first-order valence-electron chi connectivity index (χ1n) is 8.47. The first kappa shape index (κ1) is 18.7. The molecule has 0 radical (unpaired) electrons. The van der Waals surface area contributed by atoms with Crippen LogP contribution in [0.1, 0.15) is 30.4 Å². The number of nitrogens with one attached hydrogen (secondary N) is 2. The number of anilines is 1. The average Bonchev–Trinajstić information content (AvgIpc) is 2.65. The number of hydrazine groups is 1. The van der Waals surface area contributed by atoms with Crippen molar-refractivity contribution in [1.82, 2.24) is 10.4 Å². The largest absolute Gasteiger partial charge is 0.417 e. The summed E-state index contributed by atoms with van der Waals surface area (Å²) in [4.78, 5) is 16.3. The lowest BCUT2D eigenvalue weighted by atomic mass is 9.88. The molecule has 140 valence electrons. The van der Waals surface area contributed by atoms with Crippen molar-refractivity contribution in [1.29, 1.82) is 0 Å². The first-order valence-corrected chi connectivity index (χ1v) is 8.47. The van der Waals surface area contributed by atoms with Gasteiger partial charge in [-0.1, -0.05) is 30.3 Å². The predicted molar refractivity (Wildman–Crippen MR) is 97.4 cm³/mol. The summed E-state index contributed by atoms with van der Waals surface area (Å²) in [6.07, 6.45) is 1.98. The summed E-state index contributed by atoms with van der Waals surface area (Å²) in [7, 11) is 0. The second kappa shape index (κ2) is 8.07. The van der Waals surface area contributed by atoms with Gasteiger partial charge in [0.2, 0.25) is 0 Å². The molecule has 1 aromatic heterocycles. The summed E-state index contributed by atoms with van der Waals surface area (Å²) in [5.41, 5.74) is 6.94. The monoisotopic (exact) mass is 373 g/mol. The topological polar surface area (TPSA) is 54.0 Å². The maximum atomic E-state index is 12.6. The SMILES string of the molecule is O=C1C(=CNNc2ccc(C(F)(F)F)cn2)CCCC1=Cc1ccccc1. The molecule has 0 spiro atoms. The van der Waals surface area contributed by atoms with Gasteiger partial charge in [0, 0.05) is 23.5 Å². The van der Waals surface area contributed by atoms with Crippen LogP contribution in [-0.2, 0) is 11.0 Å². The Labute approximate surface area is 154 Å². The van der Waals surface area contributed by atoms with Crippen LogP contribution in [0.25, 0.3) is 6.08 Å². The van der Waals surface area contributed by atoms with Crippen LogP contribution in [0.2, 0.25) is 0 Å². The highest BCUT2D eigenvalue weighted by molar-refractivity contribution is 6.11. The fraction of sp³-hybridized carbons (Fsp3) is 0.200. The van der Waals surface area contributed by atoms with E-state index in [4.69, 9.17) is 0 Å². The summed E-state index contributed by atoms with van der Waals surface area (Å²) in [6.45, 7) is 0. The van der Waals surface area contributed by atoms with Crippen molar-refractivity contribution in [3.8, 4) is 0 Å². The van der Waals surface area contributed by atoms with Gasteiger partial charge in [-0.15, -0.1) is 0 Å². The highest BCUT2D eigenvalue weighted by Crippen LogP contribution is 2.29. The normalized spacial score (nSPS) is 18.0. The number of rotatable bonds is 4. The number of pyridine rings is 1. The Hall–Kier alpha value is -3.09. The number of aromatic nitrogens is 1. The molecule has 27 heavy (non-hydrogen) atoms. The number of nitrogens with zero attached hydrogens (tertiary/aromatic N) is 1. The zero-order valence-electron chi connectivity index (χ0n) is 14.4. The molecular formula is C20H18F3N3O. The molecule has 0 bridgehead atoms. The minimum Gasteiger partial charge on any atom is -0.307 e. The van der Waals surface area contributed by atoms with E-state index in [9.17, 15) is 18.0 Å². The highest BCUT2D eigenvalue weighted by atomic mass is 19.4. The molecule has 1 aromatic carbocycles. The quantitative estimate of drug-likeness (QED) is 0.601. The van der Waals surface area contributed by atoms with Crippen LogP contribution in [-0.4, -0.2) is 10.8 Å². The number of Topliss-reactive ketones (excluding diaryl/α,β-unsaturated/α-hetero) is 1. The Morgan fingerprint density at radius 2 is 1.74 bits per heavy atom. The molecule has 1 heterocycles. The molecule has 3 rings (SSSR count). The molecule has 4 nitrogen and oxygen atoms in total. The second-order valence-corrected chi connectivity index (χ2v) is 6.13. The molecule has 2 N–H and O–H groups in total. The smallest absolute Gasteiger partial charge is 0.307 e. The minimum atomic E-state index is -4.42. The average molecular weight is 373 g/mol. The number of ketones is 1. The van der Waals surface area contributed by atoms with Crippen molar-refractivity contribution in [3.63, 3.8) is 0 Å². The molecule has 1 saturated carbocycles. The van der Waals surface area contributed by atoms with Crippen molar-refractivity contribution in [2.24, 2.45) is 0 Å². The fourth-order valence-electron chi connectivity index (χ4n) is 2.76. The first-order chi connectivity index (χ1) is 12.9. The number of hydrogen-bond donors (Lipinski definition) is 2. The van der Waals surface area contributed by atoms with Gasteiger partial charge in [0.25, 0.3) is 0 Å².